The number of nitrogens with two attached hydrogens (primary N) is 1. The van der Waals surface area contributed by atoms with Gasteiger partial charge in [-0.05, 0) is 48.9 Å². The average molecular weight is 456 g/mol. The molecule has 3 aromatic carbocycles. The predicted molar refractivity (Wildman–Crippen MR) is 130 cm³/mol. The van der Waals surface area contributed by atoms with E-state index in [0.717, 1.165) is 0 Å². The van der Waals surface area contributed by atoms with Gasteiger partial charge in [0.1, 0.15) is 11.4 Å². The first-order chi connectivity index (χ1) is 16.4. The Balaban J connectivity index is 1.48. The normalized spacial score (nSPS) is 11.1. The predicted octanol–water partition coefficient (Wildman–Crippen LogP) is 4.00. The Morgan fingerprint density at radius 1 is 1.06 bits per heavy atom. The molecular weight excluding hydrogens is 435 g/mol. The van der Waals surface area contributed by atoms with Crippen molar-refractivity contribution in [2.45, 2.75) is 6.92 Å². The van der Waals surface area contributed by atoms with E-state index in [1.54, 1.807) is 61.1 Å². The number of para-hydroxylation sites is 1. The molecule has 9 heteroatoms. The highest BCUT2D eigenvalue weighted by molar-refractivity contribution is 6.05. The maximum atomic E-state index is 15.1. The summed E-state index contributed by atoms with van der Waals surface area (Å²) in [4.78, 5) is 26.1. The number of hydrogen-bond acceptors (Lipinski definition) is 4. The molecule has 0 spiro atoms. The molecule has 0 radical (unpaired) electrons. The van der Waals surface area contributed by atoms with Crippen LogP contribution in [-0.4, -0.2) is 25.5 Å². The molecule has 0 unspecified atom stereocenters. The first-order valence-electron chi connectivity index (χ1n) is 10.5. The fourth-order valence-corrected chi connectivity index (χ4v) is 4.16. The number of halogens is 1. The minimum Gasteiger partial charge on any atom is -0.382 e. The number of amides is 1. The van der Waals surface area contributed by atoms with Gasteiger partial charge in [-0.25, -0.2) is 9.07 Å². The Morgan fingerprint density at radius 2 is 1.82 bits per heavy atom. The number of hydrogen-bond donors (Lipinski definition) is 3. The number of rotatable bonds is 4. The van der Waals surface area contributed by atoms with E-state index in [-0.39, 0.29) is 17.1 Å². The maximum Gasteiger partial charge on any atom is 0.284 e. The molecule has 0 bridgehead atoms. The third kappa shape index (κ3) is 3.34. The van der Waals surface area contributed by atoms with Crippen LogP contribution in [0.5, 0.6) is 0 Å². The molecule has 8 nitrogen and oxygen atoms in total. The fourth-order valence-electron chi connectivity index (χ4n) is 4.16. The minimum absolute atomic E-state index is 0.00761. The molecule has 34 heavy (non-hydrogen) atoms. The monoisotopic (exact) mass is 456 g/mol. The van der Waals surface area contributed by atoms with Crippen LogP contribution >= 0.6 is 0 Å². The van der Waals surface area contributed by atoms with Crippen LogP contribution < -0.4 is 16.6 Å². The maximum absolute atomic E-state index is 15.1. The third-order valence-corrected chi connectivity index (χ3v) is 5.92. The minimum atomic E-state index is -0.610. The number of fused-ring (bicyclic) bond motifs is 1. The summed E-state index contributed by atoms with van der Waals surface area (Å²) in [5, 5.41) is 10.1. The van der Waals surface area contributed by atoms with Gasteiger partial charge in [-0.3, -0.25) is 19.4 Å². The van der Waals surface area contributed by atoms with E-state index in [1.807, 2.05) is 18.2 Å². The second-order valence-corrected chi connectivity index (χ2v) is 7.92. The number of aromatic nitrogens is 4. The van der Waals surface area contributed by atoms with Crippen molar-refractivity contribution in [1.29, 1.82) is 0 Å². The van der Waals surface area contributed by atoms with E-state index in [2.05, 4.69) is 15.5 Å². The van der Waals surface area contributed by atoms with Crippen LogP contribution in [0, 0.1) is 12.7 Å². The number of nitrogens with one attached hydrogen (secondary N) is 2. The largest absolute Gasteiger partial charge is 0.382 e. The lowest BCUT2D eigenvalue weighted by Crippen LogP contribution is -2.25. The molecular formula is C25H21FN6O2. The van der Waals surface area contributed by atoms with Gasteiger partial charge < -0.3 is 11.1 Å². The number of nitrogens with zero attached hydrogens (tertiary/aromatic N) is 3. The summed E-state index contributed by atoms with van der Waals surface area (Å²) in [5.74, 6) is -0.880. The van der Waals surface area contributed by atoms with Crippen LogP contribution in [-0.2, 0) is 7.05 Å². The molecule has 0 saturated carbocycles. The quantitative estimate of drug-likeness (QED) is 0.380. The first kappa shape index (κ1) is 21.2. The van der Waals surface area contributed by atoms with E-state index in [0.29, 0.717) is 33.4 Å². The van der Waals surface area contributed by atoms with Gasteiger partial charge in [0.15, 0.2) is 5.82 Å². The zero-order valence-corrected chi connectivity index (χ0v) is 18.5. The lowest BCUT2D eigenvalue weighted by molar-refractivity contribution is 0.102. The average Bonchev–Trinajstić information content (AvgIpc) is 3.31. The Labute approximate surface area is 193 Å². The third-order valence-electron chi connectivity index (χ3n) is 5.92. The van der Waals surface area contributed by atoms with E-state index < -0.39 is 17.3 Å². The molecule has 0 aliphatic rings. The zero-order valence-electron chi connectivity index (χ0n) is 18.5. The molecule has 170 valence electrons. The van der Waals surface area contributed by atoms with Crippen LogP contribution in [0.15, 0.2) is 71.5 Å². The van der Waals surface area contributed by atoms with Gasteiger partial charge in [0.05, 0.1) is 22.3 Å². The van der Waals surface area contributed by atoms with Crippen molar-refractivity contribution in [3.63, 3.8) is 0 Å². The Kier molecular flexibility index (Phi) is 5.01. The summed E-state index contributed by atoms with van der Waals surface area (Å²) in [5.41, 5.74) is 8.45. The summed E-state index contributed by atoms with van der Waals surface area (Å²) in [6, 6.07) is 18.7. The molecule has 0 aliphatic heterocycles. The Hall–Kier alpha value is -4.66. The van der Waals surface area contributed by atoms with Gasteiger partial charge in [0.2, 0.25) is 0 Å². The highest BCUT2D eigenvalue weighted by Crippen LogP contribution is 2.33. The number of nitrogen functional groups attached to an aromatic ring is 1. The molecule has 0 saturated heterocycles. The van der Waals surface area contributed by atoms with Crippen molar-refractivity contribution < 1.29 is 9.18 Å². The lowest BCUT2D eigenvalue weighted by atomic mass is 10.0. The first-order valence-corrected chi connectivity index (χ1v) is 10.5. The van der Waals surface area contributed by atoms with Gasteiger partial charge in [-0.1, -0.05) is 30.3 Å². The molecule has 5 rings (SSSR count). The molecule has 2 heterocycles. The topological polar surface area (TPSA) is 111 Å². The smallest absolute Gasteiger partial charge is 0.284 e. The Bertz CT molecular complexity index is 1610. The number of H-pyrrole nitrogens is 1. The van der Waals surface area contributed by atoms with Crippen molar-refractivity contribution in [2.24, 2.45) is 7.05 Å². The second-order valence-electron chi connectivity index (χ2n) is 7.92. The number of aromatic amines is 1. The number of benzene rings is 3. The summed E-state index contributed by atoms with van der Waals surface area (Å²) in [7, 11) is 1.71. The molecule has 1 amide bonds. The van der Waals surface area contributed by atoms with E-state index >= 15 is 4.39 Å². The van der Waals surface area contributed by atoms with Crippen LogP contribution in [0.25, 0.3) is 27.7 Å². The molecule has 5 aromatic rings. The van der Waals surface area contributed by atoms with Crippen molar-refractivity contribution in [1.82, 2.24) is 19.6 Å². The number of anilines is 2. The molecule has 0 fully saturated rings. The molecule has 2 aromatic heterocycles. The molecule has 0 aliphatic carbocycles. The lowest BCUT2D eigenvalue weighted by Gasteiger charge is -2.09. The summed E-state index contributed by atoms with van der Waals surface area (Å²) >= 11 is 0. The van der Waals surface area contributed by atoms with Crippen molar-refractivity contribution in [3.8, 4) is 16.8 Å². The molecule has 0 atom stereocenters. The Morgan fingerprint density at radius 3 is 2.56 bits per heavy atom. The van der Waals surface area contributed by atoms with Crippen molar-refractivity contribution in [3.05, 3.63) is 94.2 Å². The van der Waals surface area contributed by atoms with E-state index in [4.69, 9.17) is 5.73 Å². The SMILES string of the molecule is Cc1c(C(=O)Nc2ccc(-c3cccc4[nH]nc(N)c34)c(F)c2)c(=O)n(-c2ccccc2)n1C. The van der Waals surface area contributed by atoms with Gasteiger partial charge in [0.25, 0.3) is 11.5 Å². The zero-order chi connectivity index (χ0) is 24.0. The standard InChI is InChI=1S/C25H21FN6O2/c1-14-21(25(34)32(31(14)2)16-7-4-3-5-8-16)24(33)28-15-11-12-17(19(26)13-15)18-9-6-10-20-22(18)23(27)30-29-20/h3-13H,1-2H3,(H,28,33)(H3,27,29,30). The van der Waals surface area contributed by atoms with Gasteiger partial charge in [-0.2, -0.15) is 5.10 Å². The van der Waals surface area contributed by atoms with Gasteiger partial charge in [-0.15, -0.1) is 0 Å². The van der Waals surface area contributed by atoms with Crippen LogP contribution in [0.4, 0.5) is 15.9 Å². The van der Waals surface area contributed by atoms with E-state index in [1.165, 1.54) is 10.7 Å². The summed E-state index contributed by atoms with van der Waals surface area (Å²) in [6.45, 7) is 1.69. The number of carbonyl (C=O) groups excluding carboxylic acids is 1. The highest BCUT2D eigenvalue weighted by Gasteiger charge is 2.23. The second kappa shape index (κ2) is 8.04. The number of carbonyl (C=O) groups is 1. The van der Waals surface area contributed by atoms with Crippen LogP contribution in [0.2, 0.25) is 0 Å². The van der Waals surface area contributed by atoms with E-state index in [9.17, 15) is 9.59 Å². The summed E-state index contributed by atoms with van der Waals surface area (Å²) < 4.78 is 18.1. The fraction of sp³-hybridized carbons (Fsp3) is 0.0800. The van der Waals surface area contributed by atoms with Crippen molar-refractivity contribution in [2.75, 3.05) is 11.1 Å². The molecule has 4 N–H and O–H groups in total. The summed E-state index contributed by atoms with van der Waals surface area (Å²) in [6.07, 6.45) is 0. The van der Waals surface area contributed by atoms with Crippen LogP contribution in [0.3, 0.4) is 0 Å². The van der Waals surface area contributed by atoms with Crippen LogP contribution in [0.1, 0.15) is 16.1 Å². The van der Waals surface area contributed by atoms with Gasteiger partial charge in [0, 0.05) is 18.3 Å². The van der Waals surface area contributed by atoms with Crippen molar-refractivity contribution >= 4 is 28.3 Å². The van der Waals surface area contributed by atoms with Gasteiger partial charge >= 0.3 is 0 Å². The highest BCUT2D eigenvalue weighted by atomic mass is 19.1.